The van der Waals surface area contributed by atoms with Crippen molar-refractivity contribution in [3.05, 3.63) is 34.9 Å². The molecule has 1 aromatic rings. The minimum Gasteiger partial charge on any atom is -0.483 e. The Labute approximate surface area is 179 Å². The normalized spacial score (nSPS) is 18.2. The molecule has 1 amide bonds. The Morgan fingerprint density at radius 1 is 1.37 bits per heavy atom. The predicted octanol–water partition coefficient (Wildman–Crippen LogP) is 4.04. The number of amides is 1. The molecule has 0 aromatic heterocycles. The molecular weight excluding hydrogens is 415 g/mol. The Bertz CT molecular complexity index is 896. The summed E-state index contributed by atoms with van der Waals surface area (Å²) >= 11 is 5.37. The van der Waals surface area contributed by atoms with Gasteiger partial charge in [0.25, 0.3) is 0 Å². The summed E-state index contributed by atoms with van der Waals surface area (Å²) < 4.78 is 47.8. The summed E-state index contributed by atoms with van der Waals surface area (Å²) in [7, 11) is 1.77. The quantitative estimate of drug-likeness (QED) is 0.715. The van der Waals surface area contributed by atoms with Gasteiger partial charge < -0.3 is 19.9 Å². The SMILES string of the molecule is CCNC(=S)N(C)CC1=C(N2CCCC2=O)c2c(cccc2C(F)(F)F)OC1(C)C. The van der Waals surface area contributed by atoms with E-state index in [9.17, 15) is 18.0 Å². The largest absolute Gasteiger partial charge is 0.483 e. The van der Waals surface area contributed by atoms with Crippen molar-refractivity contribution in [1.29, 1.82) is 0 Å². The van der Waals surface area contributed by atoms with Gasteiger partial charge in [0.05, 0.1) is 16.8 Å². The van der Waals surface area contributed by atoms with Crippen molar-refractivity contribution in [2.45, 2.75) is 45.4 Å². The number of hydrogen-bond acceptors (Lipinski definition) is 3. The van der Waals surface area contributed by atoms with Crippen LogP contribution in [-0.4, -0.2) is 53.1 Å². The van der Waals surface area contributed by atoms with Gasteiger partial charge in [-0.05, 0) is 51.5 Å². The molecule has 3 rings (SSSR count). The van der Waals surface area contributed by atoms with Gasteiger partial charge in [-0.1, -0.05) is 6.07 Å². The maximum absolute atomic E-state index is 13.9. The topological polar surface area (TPSA) is 44.8 Å². The number of alkyl halides is 3. The number of hydrogen-bond donors (Lipinski definition) is 1. The Morgan fingerprint density at radius 3 is 2.63 bits per heavy atom. The third-order valence-corrected chi connectivity index (χ3v) is 5.82. The minimum atomic E-state index is -4.58. The number of ether oxygens (including phenoxy) is 1. The number of likely N-dealkylation sites (N-methyl/N-ethyl adjacent to an activating group) is 1. The fourth-order valence-electron chi connectivity index (χ4n) is 3.91. The Hall–Kier alpha value is -2.29. The van der Waals surface area contributed by atoms with Gasteiger partial charge in [0.15, 0.2) is 5.11 Å². The standard InChI is InChI=1S/C21H26F3N3O2S/c1-5-25-19(30)26(4)12-14-18(27-11-7-10-16(27)28)17-13(21(22,23)24)8-6-9-15(17)29-20(14,2)3/h6,8-9H,5,7,10-12H2,1-4H3,(H,25,30). The number of likely N-dealkylation sites (tertiary alicyclic amines) is 1. The van der Waals surface area contributed by atoms with Gasteiger partial charge >= 0.3 is 6.18 Å². The van der Waals surface area contributed by atoms with Crippen LogP contribution in [0.3, 0.4) is 0 Å². The van der Waals surface area contributed by atoms with Crippen molar-refractivity contribution in [1.82, 2.24) is 15.1 Å². The lowest BCUT2D eigenvalue weighted by Gasteiger charge is -2.41. The summed E-state index contributed by atoms with van der Waals surface area (Å²) in [4.78, 5) is 15.9. The van der Waals surface area contributed by atoms with Crippen molar-refractivity contribution in [3.8, 4) is 5.75 Å². The number of carbonyl (C=O) groups excluding carboxylic acids is 1. The highest BCUT2D eigenvalue weighted by Gasteiger charge is 2.45. The summed E-state index contributed by atoms with van der Waals surface area (Å²) in [6.45, 7) is 6.74. The molecule has 2 aliphatic rings. The molecule has 0 aliphatic carbocycles. The zero-order valence-electron chi connectivity index (χ0n) is 17.5. The molecular formula is C21H26F3N3O2S. The van der Waals surface area contributed by atoms with E-state index in [-0.39, 0.29) is 23.8 Å². The van der Waals surface area contributed by atoms with Crippen LogP contribution in [0.15, 0.2) is 23.8 Å². The van der Waals surface area contributed by atoms with Gasteiger partial charge in [0, 0.05) is 38.7 Å². The number of fused-ring (bicyclic) bond motifs is 1. The second kappa shape index (κ2) is 8.09. The van der Waals surface area contributed by atoms with E-state index >= 15 is 0 Å². The molecule has 5 nitrogen and oxygen atoms in total. The van der Waals surface area contributed by atoms with Crippen LogP contribution in [0.25, 0.3) is 5.70 Å². The molecule has 0 spiro atoms. The second-order valence-electron chi connectivity index (χ2n) is 7.96. The smallest absolute Gasteiger partial charge is 0.417 e. The van der Waals surface area contributed by atoms with Gasteiger partial charge in [-0.3, -0.25) is 4.79 Å². The number of carbonyl (C=O) groups is 1. The van der Waals surface area contributed by atoms with Crippen LogP contribution >= 0.6 is 12.2 Å². The Balaban J connectivity index is 2.25. The Kier molecular flexibility index (Phi) is 6.04. The molecule has 2 aliphatic heterocycles. The molecule has 0 atom stereocenters. The maximum atomic E-state index is 13.9. The van der Waals surface area contributed by atoms with Crippen molar-refractivity contribution in [2.24, 2.45) is 0 Å². The van der Waals surface area contributed by atoms with E-state index in [2.05, 4.69) is 5.32 Å². The third-order valence-electron chi connectivity index (χ3n) is 5.36. The molecule has 0 unspecified atom stereocenters. The number of thiocarbonyl (C=S) groups is 1. The summed E-state index contributed by atoms with van der Waals surface area (Å²) in [5.74, 6) is -0.0507. The lowest BCUT2D eigenvalue weighted by molar-refractivity contribution is -0.138. The average Bonchev–Trinajstić information content (AvgIpc) is 3.06. The number of benzene rings is 1. The first-order valence-electron chi connectivity index (χ1n) is 9.90. The Morgan fingerprint density at radius 2 is 2.07 bits per heavy atom. The van der Waals surface area contributed by atoms with Gasteiger partial charge in [-0.15, -0.1) is 0 Å². The molecule has 1 saturated heterocycles. The predicted molar refractivity (Wildman–Crippen MR) is 113 cm³/mol. The van der Waals surface area contributed by atoms with Gasteiger partial charge in [0.1, 0.15) is 11.4 Å². The molecule has 2 heterocycles. The van der Waals surface area contributed by atoms with E-state index in [0.29, 0.717) is 42.3 Å². The fraction of sp³-hybridized carbons (Fsp3) is 0.524. The minimum absolute atomic E-state index is 0.0719. The lowest BCUT2D eigenvalue weighted by atomic mass is 9.86. The zero-order valence-corrected chi connectivity index (χ0v) is 18.3. The number of nitrogens with one attached hydrogen (secondary N) is 1. The van der Waals surface area contributed by atoms with Crippen LogP contribution < -0.4 is 10.1 Å². The van der Waals surface area contributed by atoms with E-state index in [4.69, 9.17) is 17.0 Å². The summed E-state index contributed by atoms with van der Waals surface area (Å²) in [5.41, 5.74) is -0.921. The van der Waals surface area contributed by atoms with Gasteiger partial charge in [0.2, 0.25) is 5.91 Å². The molecule has 1 fully saturated rings. The molecule has 1 aromatic carbocycles. The van der Waals surface area contributed by atoms with Crippen LogP contribution in [0.4, 0.5) is 13.2 Å². The summed E-state index contributed by atoms with van der Waals surface area (Å²) in [5, 5.41) is 3.52. The second-order valence-corrected chi connectivity index (χ2v) is 8.34. The zero-order chi connectivity index (χ0) is 22.3. The van der Waals surface area contributed by atoms with Crippen LogP contribution in [0, 0.1) is 0 Å². The fourth-order valence-corrected chi connectivity index (χ4v) is 4.12. The number of nitrogens with zero attached hydrogens (tertiary/aromatic N) is 2. The maximum Gasteiger partial charge on any atom is 0.417 e. The first-order chi connectivity index (χ1) is 14.0. The highest BCUT2D eigenvalue weighted by atomic mass is 32.1. The van der Waals surface area contributed by atoms with Crippen LogP contribution in [0.2, 0.25) is 0 Å². The lowest BCUT2D eigenvalue weighted by Crippen LogP contribution is -2.46. The van der Waals surface area contributed by atoms with Gasteiger partial charge in [-0.25, -0.2) is 0 Å². The summed E-state index contributed by atoms with van der Waals surface area (Å²) in [6, 6.07) is 3.89. The first kappa shape index (κ1) is 22.4. The van der Waals surface area contributed by atoms with E-state index in [0.717, 1.165) is 6.07 Å². The molecule has 1 N–H and O–H groups in total. The monoisotopic (exact) mass is 441 g/mol. The van der Waals surface area contributed by atoms with Crippen LogP contribution in [0.1, 0.15) is 44.7 Å². The number of rotatable bonds is 4. The van der Waals surface area contributed by atoms with Gasteiger partial charge in [-0.2, -0.15) is 13.2 Å². The number of halogens is 3. The average molecular weight is 442 g/mol. The third kappa shape index (κ3) is 4.12. The summed E-state index contributed by atoms with van der Waals surface area (Å²) in [6.07, 6.45) is -3.67. The highest BCUT2D eigenvalue weighted by Crippen LogP contribution is 2.48. The van der Waals surface area contributed by atoms with Crippen molar-refractivity contribution >= 4 is 28.9 Å². The van der Waals surface area contributed by atoms with Crippen LogP contribution in [0.5, 0.6) is 5.75 Å². The molecule has 30 heavy (non-hydrogen) atoms. The molecule has 0 saturated carbocycles. The first-order valence-corrected chi connectivity index (χ1v) is 10.3. The van der Waals surface area contributed by atoms with Crippen molar-refractivity contribution in [3.63, 3.8) is 0 Å². The van der Waals surface area contributed by atoms with E-state index < -0.39 is 17.3 Å². The van der Waals surface area contributed by atoms with Crippen LogP contribution in [-0.2, 0) is 11.0 Å². The molecule has 0 bridgehead atoms. The van der Waals surface area contributed by atoms with E-state index in [1.807, 2.05) is 6.92 Å². The highest BCUT2D eigenvalue weighted by molar-refractivity contribution is 7.80. The van der Waals surface area contributed by atoms with E-state index in [1.54, 1.807) is 25.8 Å². The van der Waals surface area contributed by atoms with Crippen molar-refractivity contribution in [2.75, 3.05) is 26.7 Å². The molecule has 164 valence electrons. The molecule has 0 radical (unpaired) electrons. The van der Waals surface area contributed by atoms with E-state index in [1.165, 1.54) is 17.0 Å². The van der Waals surface area contributed by atoms with Crippen molar-refractivity contribution < 1.29 is 22.7 Å². The molecule has 9 heteroatoms.